The summed E-state index contributed by atoms with van der Waals surface area (Å²) in [6.07, 6.45) is 3.30. The van der Waals surface area contributed by atoms with Crippen LogP contribution in [0, 0.1) is 6.92 Å². The van der Waals surface area contributed by atoms with Crippen LogP contribution < -0.4 is 5.56 Å². The minimum absolute atomic E-state index is 0.194. The van der Waals surface area contributed by atoms with Gasteiger partial charge in [-0.05, 0) is 6.92 Å². The van der Waals surface area contributed by atoms with Gasteiger partial charge in [0.05, 0.1) is 24.9 Å². The summed E-state index contributed by atoms with van der Waals surface area (Å²) in [6, 6.07) is 1.02. The summed E-state index contributed by atoms with van der Waals surface area (Å²) in [7, 11) is 1.77. The average Bonchev–Trinajstić information content (AvgIpc) is 2.91. The molecule has 1 atom stereocenters. The summed E-state index contributed by atoms with van der Waals surface area (Å²) < 4.78 is 7.14. The van der Waals surface area contributed by atoms with Crippen LogP contribution in [0.15, 0.2) is 23.3 Å². The van der Waals surface area contributed by atoms with Crippen molar-refractivity contribution in [1.29, 1.82) is 0 Å². The zero-order valence-corrected chi connectivity index (χ0v) is 12.4. The number of aryl methyl sites for hydroxylation is 2. The van der Waals surface area contributed by atoms with Crippen molar-refractivity contribution < 1.29 is 9.53 Å². The van der Waals surface area contributed by atoms with Crippen LogP contribution in [0.3, 0.4) is 0 Å². The Hall–Kier alpha value is -2.48. The van der Waals surface area contributed by atoms with Crippen molar-refractivity contribution in [1.82, 2.24) is 24.4 Å². The van der Waals surface area contributed by atoms with Crippen LogP contribution in [0.2, 0.25) is 0 Å². The number of amides is 1. The van der Waals surface area contributed by atoms with E-state index in [1.165, 1.54) is 6.07 Å². The van der Waals surface area contributed by atoms with Gasteiger partial charge in [0.2, 0.25) is 0 Å². The maximum absolute atomic E-state index is 12.7. The molecule has 2 aromatic heterocycles. The molecule has 0 bridgehead atoms. The van der Waals surface area contributed by atoms with Crippen LogP contribution in [0.5, 0.6) is 0 Å². The minimum atomic E-state index is -0.390. The molecule has 1 saturated heterocycles. The van der Waals surface area contributed by atoms with Gasteiger partial charge in [-0.3, -0.25) is 9.59 Å². The van der Waals surface area contributed by atoms with Gasteiger partial charge < -0.3 is 19.2 Å². The van der Waals surface area contributed by atoms with E-state index in [-0.39, 0.29) is 17.5 Å². The lowest BCUT2D eigenvalue weighted by Crippen LogP contribution is -2.44. The Morgan fingerprint density at radius 2 is 2.32 bits per heavy atom. The molecule has 8 nitrogen and oxygen atoms in total. The van der Waals surface area contributed by atoms with Crippen molar-refractivity contribution in [3.8, 4) is 0 Å². The van der Waals surface area contributed by atoms with Crippen molar-refractivity contribution in [3.63, 3.8) is 0 Å². The summed E-state index contributed by atoms with van der Waals surface area (Å²) in [5.74, 6) is 0.673. The molecule has 0 saturated carbocycles. The largest absolute Gasteiger partial charge is 0.377 e. The number of aromatic amines is 1. The molecule has 8 heteroatoms. The van der Waals surface area contributed by atoms with E-state index < -0.39 is 0 Å². The van der Waals surface area contributed by atoms with Gasteiger partial charge in [0.25, 0.3) is 11.5 Å². The Morgan fingerprint density at radius 1 is 1.50 bits per heavy atom. The van der Waals surface area contributed by atoms with Crippen molar-refractivity contribution in [3.05, 3.63) is 46.2 Å². The third-order valence-electron chi connectivity index (χ3n) is 3.62. The van der Waals surface area contributed by atoms with Gasteiger partial charge in [-0.2, -0.15) is 0 Å². The van der Waals surface area contributed by atoms with E-state index >= 15 is 0 Å². The van der Waals surface area contributed by atoms with E-state index in [0.717, 1.165) is 0 Å². The van der Waals surface area contributed by atoms with Crippen molar-refractivity contribution in [2.24, 2.45) is 7.05 Å². The number of carbonyl (C=O) groups excluding carboxylic acids is 1. The smallest absolute Gasteiger partial charge is 0.290 e. The second-order valence-corrected chi connectivity index (χ2v) is 5.21. The first-order chi connectivity index (χ1) is 10.6. The molecule has 1 fully saturated rings. The minimum Gasteiger partial charge on any atom is -0.377 e. The van der Waals surface area contributed by atoms with Crippen LogP contribution in [-0.4, -0.2) is 50.1 Å². The number of hydrogen-bond donors (Lipinski definition) is 1. The molecule has 3 rings (SSSR count). The van der Waals surface area contributed by atoms with Crippen LogP contribution in [0.25, 0.3) is 0 Å². The number of nitrogens with zero attached hydrogens (tertiary/aromatic N) is 4. The Balaban J connectivity index is 1.96. The number of rotatable bonds is 2. The highest BCUT2D eigenvalue weighted by Gasteiger charge is 2.32. The molecule has 3 heterocycles. The first-order valence-corrected chi connectivity index (χ1v) is 7.00. The topological polar surface area (TPSA) is 93.1 Å². The van der Waals surface area contributed by atoms with E-state index in [1.54, 1.807) is 35.8 Å². The summed E-state index contributed by atoms with van der Waals surface area (Å²) in [6.45, 7) is 2.91. The molecule has 22 heavy (non-hydrogen) atoms. The van der Waals surface area contributed by atoms with Gasteiger partial charge in [0, 0.05) is 32.1 Å². The normalized spacial score (nSPS) is 18.5. The van der Waals surface area contributed by atoms with Crippen LogP contribution in [0.1, 0.15) is 28.2 Å². The van der Waals surface area contributed by atoms with E-state index in [9.17, 15) is 9.59 Å². The third-order valence-corrected chi connectivity index (χ3v) is 3.62. The van der Waals surface area contributed by atoms with Gasteiger partial charge >= 0.3 is 0 Å². The SMILES string of the molecule is Cc1nc([C@@H]2COCCN2C(=O)c2nccn2C)cc(=O)[nH]1. The van der Waals surface area contributed by atoms with E-state index in [4.69, 9.17) is 4.74 Å². The molecular formula is C14H17N5O3. The lowest BCUT2D eigenvalue weighted by Gasteiger charge is -2.34. The Labute approximate surface area is 126 Å². The molecule has 0 spiro atoms. The number of morpholine rings is 1. The Bertz CT molecular complexity index is 751. The zero-order valence-electron chi connectivity index (χ0n) is 12.4. The van der Waals surface area contributed by atoms with Gasteiger partial charge in [-0.25, -0.2) is 9.97 Å². The number of H-pyrrole nitrogens is 1. The molecule has 0 radical (unpaired) electrons. The van der Waals surface area contributed by atoms with Gasteiger partial charge in [0.15, 0.2) is 5.82 Å². The fraction of sp³-hybridized carbons (Fsp3) is 0.429. The highest BCUT2D eigenvalue weighted by Crippen LogP contribution is 2.23. The molecular weight excluding hydrogens is 286 g/mol. The third kappa shape index (κ3) is 2.64. The number of hydrogen-bond acceptors (Lipinski definition) is 5. The van der Waals surface area contributed by atoms with Crippen molar-refractivity contribution >= 4 is 5.91 Å². The molecule has 2 aromatic rings. The van der Waals surface area contributed by atoms with E-state index in [1.807, 2.05) is 0 Å². The number of ether oxygens (including phenoxy) is 1. The molecule has 1 N–H and O–H groups in total. The molecule has 116 valence electrons. The zero-order chi connectivity index (χ0) is 15.7. The highest BCUT2D eigenvalue weighted by molar-refractivity contribution is 5.91. The lowest BCUT2D eigenvalue weighted by atomic mass is 10.1. The monoisotopic (exact) mass is 303 g/mol. The molecule has 1 amide bonds. The number of aromatic nitrogens is 4. The predicted molar refractivity (Wildman–Crippen MR) is 77.4 cm³/mol. The second kappa shape index (κ2) is 5.72. The van der Waals surface area contributed by atoms with Gasteiger partial charge in [-0.15, -0.1) is 0 Å². The fourth-order valence-corrected chi connectivity index (χ4v) is 2.57. The first kappa shape index (κ1) is 14.5. The molecule has 0 aliphatic carbocycles. The van der Waals surface area contributed by atoms with Crippen LogP contribution >= 0.6 is 0 Å². The fourth-order valence-electron chi connectivity index (χ4n) is 2.57. The second-order valence-electron chi connectivity index (χ2n) is 5.21. The molecule has 0 unspecified atom stereocenters. The highest BCUT2D eigenvalue weighted by atomic mass is 16.5. The first-order valence-electron chi connectivity index (χ1n) is 7.00. The summed E-state index contributed by atoms with van der Waals surface area (Å²) in [4.78, 5) is 37.1. The van der Waals surface area contributed by atoms with E-state index in [2.05, 4.69) is 15.0 Å². The van der Waals surface area contributed by atoms with Crippen LogP contribution in [0.4, 0.5) is 0 Å². The van der Waals surface area contributed by atoms with Gasteiger partial charge in [-0.1, -0.05) is 0 Å². The maximum atomic E-state index is 12.7. The van der Waals surface area contributed by atoms with Crippen LogP contribution in [-0.2, 0) is 11.8 Å². The predicted octanol–water partition coefficient (Wildman–Crippen LogP) is 0.0255. The van der Waals surface area contributed by atoms with Gasteiger partial charge in [0.1, 0.15) is 5.82 Å². The molecule has 1 aliphatic heterocycles. The summed E-state index contributed by atoms with van der Waals surface area (Å²) in [5, 5.41) is 0. The number of imidazole rings is 1. The van der Waals surface area contributed by atoms with Crippen molar-refractivity contribution in [2.75, 3.05) is 19.8 Å². The maximum Gasteiger partial charge on any atom is 0.290 e. The quantitative estimate of drug-likeness (QED) is 0.844. The Morgan fingerprint density at radius 3 is 3.00 bits per heavy atom. The summed E-state index contributed by atoms with van der Waals surface area (Å²) in [5.41, 5.74) is 0.293. The average molecular weight is 303 g/mol. The standard InChI is InChI=1S/C14H17N5O3/c1-9-16-10(7-12(20)17-9)11-8-22-6-5-19(11)14(21)13-15-3-4-18(13)2/h3-4,7,11H,5-6,8H2,1-2H3,(H,16,17,20)/t11-/m0/s1. The van der Waals surface area contributed by atoms with E-state index in [0.29, 0.717) is 37.1 Å². The summed E-state index contributed by atoms with van der Waals surface area (Å²) >= 11 is 0. The molecule has 0 aromatic carbocycles. The lowest BCUT2D eigenvalue weighted by molar-refractivity contribution is -0.00483. The number of nitrogens with one attached hydrogen (secondary N) is 1. The Kier molecular flexibility index (Phi) is 3.76. The molecule has 1 aliphatic rings. The van der Waals surface area contributed by atoms with Crippen molar-refractivity contribution in [2.45, 2.75) is 13.0 Å². The number of carbonyl (C=O) groups is 1.